The first-order valence-electron chi connectivity index (χ1n) is 7.74. The summed E-state index contributed by atoms with van der Waals surface area (Å²) in [5.74, 6) is 0.694. The van der Waals surface area contributed by atoms with Gasteiger partial charge in [-0.25, -0.2) is 13.1 Å². The molecular weight excluding hydrogens is 278 g/mol. The molecule has 2 aliphatic rings. The van der Waals surface area contributed by atoms with E-state index in [0.29, 0.717) is 25.4 Å². The smallest absolute Gasteiger partial charge is 0.214 e. The van der Waals surface area contributed by atoms with E-state index in [2.05, 4.69) is 11.6 Å². The Hall–Kier alpha value is -0.170. The van der Waals surface area contributed by atoms with E-state index >= 15 is 0 Å². The van der Waals surface area contributed by atoms with Gasteiger partial charge in [0.25, 0.3) is 0 Å². The zero-order valence-corrected chi connectivity index (χ0v) is 13.1. The third-order valence-electron chi connectivity index (χ3n) is 4.66. The molecule has 1 aliphatic heterocycles. The molecule has 2 fully saturated rings. The first kappa shape index (κ1) is 16.2. The summed E-state index contributed by atoms with van der Waals surface area (Å²) < 4.78 is 31.9. The molecule has 0 amide bonds. The third kappa shape index (κ3) is 4.69. The molecule has 1 atom stereocenters. The van der Waals surface area contributed by atoms with Crippen LogP contribution in [0.2, 0.25) is 0 Å². The van der Waals surface area contributed by atoms with E-state index in [1.807, 2.05) is 0 Å². The zero-order chi connectivity index (χ0) is 14.6. The number of rotatable bonds is 6. The average molecular weight is 305 g/mol. The summed E-state index contributed by atoms with van der Waals surface area (Å²) in [5, 5.41) is 10.5. The van der Waals surface area contributed by atoms with Crippen LogP contribution >= 0.6 is 0 Å². The van der Waals surface area contributed by atoms with Crippen LogP contribution < -0.4 is 4.72 Å². The van der Waals surface area contributed by atoms with Crippen molar-refractivity contribution < 1.29 is 18.3 Å². The van der Waals surface area contributed by atoms with Crippen LogP contribution in [0.4, 0.5) is 0 Å². The van der Waals surface area contributed by atoms with Gasteiger partial charge in [-0.05, 0) is 44.4 Å². The van der Waals surface area contributed by atoms with Crippen molar-refractivity contribution in [1.29, 1.82) is 0 Å². The molecule has 0 aromatic heterocycles. The van der Waals surface area contributed by atoms with Crippen LogP contribution in [0.5, 0.6) is 0 Å². The molecule has 0 aromatic carbocycles. The molecule has 5 nitrogen and oxygen atoms in total. The van der Waals surface area contributed by atoms with Gasteiger partial charge < -0.3 is 9.84 Å². The van der Waals surface area contributed by atoms with Gasteiger partial charge in [0.05, 0.1) is 17.5 Å². The lowest BCUT2D eigenvalue weighted by Crippen LogP contribution is -2.46. The summed E-state index contributed by atoms with van der Waals surface area (Å²) in [6, 6.07) is 0. The minimum Gasteiger partial charge on any atom is -0.389 e. The van der Waals surface area contributed by atoms with Gasteiger partial charge in [0.15, 0.2) is 0 Å². The summed E-state index contributed by atoms with van der Waals surface area (Å²) in [6.07, 6.45) is 6.05. The maximum absolute atomic E-state index is 12.0. The Balaban J connectivity index is 1.78. The van der Waals surface area contributed by atoms with E-state index in [1.165, 1.54) is 0 Å². The molecule has 1 saturated heterocycles. The Morgan fingerprint density at radius 1 is 1.30 bits per heavy atom. The molecular formula is C14H27NO4S. The van der Waals surface area contributed by atoms with Crippen molar-refractivity contribution >= 4 is 10.0 Å². The number of hydrogen-bond donors (Lipinski definition) is 2. The highest BCUT2D eigenvalue weighted by molar-refractivity contribution is 7.89. The monoisotopic (exact) mass is 305 g/mol. The minimum absolute atomic E-state index is 0.0145. The highest BCUT2D eigenvalue weighted by Gasteiger charge is 2.34. The summed E-state index contributed by atoms with van der Waals surface area (Å²) >= 11 is 0. The molecule has 0 aromatic rings. The predicted molar refractivity (Wildman–Crippen MR) is 78.0 cm³/mol. The van der Waals surface area contributed by atoms with E-state index in [9.17, 15) is 13.5 Å². The number of sulfonamides is 1. The van der Waals surface area contributed by atoms with Crippen LogP contribution in [0.15, 0.2) is 0 Å². The molecule has 1 unspecified atom stereocenters. The minimum atomic E-state index is -3.36. The molecule has 2 N–H and O–H groups in total. The Morgan fingerprint density at radius 2 is 2.00 bits per heavy atom. The predicted octanol–water partition coefficient (Wildman–Crippen LogP) is 1.42. The van der Waals surface area contributed by atoms with Gasteiger partial charge in [-0.3, -0.25) is 0 Å². The van der Waals surface area contributed by atoms with Crippen LogP contribution in [0.3, 0.4) is 0 Å². The second kappa shape index (κ2) is 6.73. The lowest BCUT2D eigenvalue weighted by Gasteiger charge is -2.35. The molecule has 2 rings (SSSR count). The molecule has 6 heteroatoms. The van der Waals surface area contributed by atoms with Gasteiger partial charge in [0.2, 0.25) is 10.0 Å². The van der Waals surface area contributed by atoms with Crippen molar-refractivity contribution in [3.8, 4) is 0 Å². The fourth-order valence-corrected chi connectivity index (χ4v) is 4.48. The number of hydrogen-bond acceptors (Lipinski definition) is 4. The molecule has 20 heavy (non-hydrogen) atoms. The van der Waals surface area contributed by atoms with E-state index in [4.69, 9.17) is 4.74 Å². The van der Waals surface area contributed by atoms with E-state index < -0.39 is 15.6 Å². The van der Waals surface area contributed by atoms with Crippen LogP contribution in [-0.2, 0) is 14.8 Å². The second-order valence-corrected chi connectivity index (χ2v) is 8.17. The quantitative estimate of drug-likeness (QED) is 0.778. The van der Waals surface area contributed by atoms with E-state index in [0.717, 1.165) is 32.1 Å². The van der Waals surface area contributed by atoms with Gasteiger partial charge in [0.1, 0.15) is 0 Å². The van der Waals surface area contributed by atoms with E-state index in [1.54, 1.807) is 0 Å². The van der Waals surface area contributed by atoms with Gasteiger partial charge >= 0.3 is 0 Å². The SMILES string of the molecule is CCC1CCC(O)(CNS(=O)(=O)CC2CCCO2)CC1. The van der Waals surface area contributed by atoms with Crippen molar-refractivity contribution in [2.24, 2.45) is 5.92 Å². The summed E-state index contributed by atoms with van der Waals surface area (Å²) in [7, 11) is -3.36. The van der Waals surface area contributed by atoms with Crippen molar-refractivity contribution in [1.82, 2.24) is 4.72 Å². The first-order chi connectivity index (χ1) is 9.42. The average Bonchev–Trinajstić information content (AvgIpc) is 2.90. The highest BCUT2D eigenvalue weighted by atomic mass is 32.2. The molecule has 1 aliphatic carbocycles. The van der Waals surface area contributed by atoms with Gasteiger partial charge in [0, 0.05) is 13.2 Å². The van der Waals surface area contributed by atoms with Crippen LogP contribution in [0.25, 0.3) is 0 Å². The Labute approximate surface area is 122 Å². The van der Waals surface area contributed by atoms with Crippen molar-refractivity contribution in [2.45, 2.75) is 63.6 Å². The zero-order valence-electron chi connectivity index (χ0n) is 12.3. The standard InChI is InChI=1S/C14H27NO4S/c1-2-12-5-7-14(16,8-6-12)11-15-20(17,18)10-13-4-3-9-19-13/h12-13,15-16H,2-11H2,1H3. The van der Waals surface area contributed by atoms with Crippen LogP contribution in [0.1, 0.15) is 51.9 Å². The maximum Gasteiger partial charge on any atom is 0.214 e. The van der Waals surface area contributed by atoms with Crippen LogP contribution in [-0.4, -0.2) is 44.1 Å². The third-order valence-corrected chi connectivity index (χ3v) is 6.06. The van der Waals surface area contributed by atoms with E-state index in [-0.39, 0.29) is 18.4 Å². The van der Waals surface area contributed by atoms with Gasteiger partial charge in [-0.1, -0.05) is 13.3 Å². The topological polar surface area (TPSA) is 75.6 Å². The first-order valence-corrected chi connectivity index (χ1v) is 9.39. The Kier molecular flexibility index (Phi) is 5.45. The summed E-state index contributed by atoms with van der Waals surface area (Å²) in [6.45, 7) is 2.96. The second-order valence-electron chi connectivity index (χ2n) is 6.31. The Bertz CT molecular complexity index is 395. The van der Waals surface area contributed by atoms with Crippen molar-refractivity contribution in [2.75, 3.05) is 18.9 Å². The fraction of sp³-hybridized carbons (Fsp3) is 1.00. The van der Waals surface area contributed by atoms with Gasteiger partial charge in [-0.2, -0.15) is 0 Å². The number of nitrogens with one attached hydrogen (secondary N) is 1. The molecule has 118 valence electrons. The lowest BCUT2D eigenvalue weighted by molar-refractivity contribution is -0.00449. The number of ether oxygens (including phenoxy) is 1. The Morgan fingerprint density at radius 3 is 2.55 bits per heavy atom. The molecule has 0 radical (unpaired) electrons. The largest absolute Gasteiger partial charge is 0.389 e. The van der Waals surface area contributed by atoms with Gasteiger partial charge in [-0.15, -0.1) is 0 Å². The number of aliphatic hydroxyl groups is 1. The maximum atomic E-state index is 12.0. The molecule has 1 heterocycles. The lowest BCUT2D eigenvalue weighted by atomic mass is 9.78. The van der Waals surface area contributed by atoms with Crippen molar-refractivity contribution in [3.05, 3.63) is 0 Å². The van der Waals surface area contributed by atoms with Crippen molar-refractivity contribution in [3.63, 3.8) is 0 Å². The summed E-state index contributed by atoms with van der Waals surface area (Å²) in [5.41, 5.74) is -0.866. The fourth-order valence-electron chi connectivity index (χ4n) is 3.12. The highest BCUT2D eigenvalue weighted by Crippen LogP contribution is 2.33. The van der Waals surface area contributed by atoms with Crippen LogP contribution in [0, 0.1) is 5.92 Å². The summed E-state index contributed by atoms with van der Waals surface area (Å²) in [4.78, 5) is 0. The normalized spacial score (nSPS) is 35.3. The molecule has 0 spiro atoms. The molecule has 1 saturated carbocycles. The molecule has 0 bridgehead atoms.